The van der Waals surface area contributed by atoms with Crippen molar-refractivity contribution in [2.45, 2.75) is 82.5 Å². The lowest BCUT2D eigenvalue weighted by molar-refractivity contribution is -0.255. The molecule has 6 atom stereocenters. The number of allylic oxidation sites excluding steroid dienone is 1. The molecular weight excluding hydrogens is 584 g/mol. The van der Waals surface area contributed by atoms with Gasteiger partial charge >= 0.3 is 0 Å². The summed E-state index contributed by atoms with van der Waals surface area (Å²) >= 11 is 0. The van der Waals surface area contributed by atoms with Crippen LogP contribution >= 0.6 is 0 Å². The number of hydrogen-bond donors (Lipinski definition) is 2. The Morgan fingerprint density at radius 2 is 1.85 bits per heavy atom. The summed E-state index contributed by atoms with van der Waals surface area (Å²) in [4.78, 5) is 21.3. The molecule has 0 unspecified atom stereocenters. The second kappa shape index (κ2) is 15.6. The van der Waals surface area contributed by atoms with E-state index in [1.807, 2.05) is 31.0 Å². The smallest absolute Gasteiger partial charge is 0.239 e. The van der Waals surface area contributed by atoms with E-state index in [1.54, 1.807) is 12.2 Å². The lowest BCUT2D eigenvalue weighted by Gasteiger charge is -2.59. The van der Waals surface area contributed by atoms with Gasteiger partial charge in [0.2, 0.25) is 11.7 Å². The summed E-state index contributed by atoms with van der Waals surface area (Å²) in [6.07, 6.45) is 13.1. The highest BCUT2D eigenvalue weighted by Gasteiger charge is 2.65. The zero-order valence-corrected chi connectivity index (χ0v) is 27.6. The van der Waals surface area contributed by atoms with Crippen LogP contribution in [0.1, 0.15) is 76.2 Å². The van der Waals surface area contributed by atoms with E-state index in [0.29, 0.717) is 19.6 Å². The number of carbonyl (C=O) groups excluding carboxylic acids is 1. The second-order valence-corrected chi connectivity index (χ2v) is 13.0. The van der Waals surface area contributed by atoms with Crippen molar-refractivity contribution in [1.82, 2.24) is 4.90 Å². The molecule has 46 heavy (non-hydrogen) atoms. The SMILES string of the molecule is C=CCOc1ccc2c(c1)[C@H]1[C@H](CCCCO)[C@@H](CCCCO)C=C3C(=NOCC)C[C@H](N(C)C(=O)C4CC4)[C@@](OCC=C)(O2)[C@H]31. The van der Waals surface area contributed by atoms with Gasteiger partial charge in [0.05, 0.1) is 18.2 Å². The number of rotatable bonds is 18. The third-order valence-electron chi connectivity index (χ3n) is 10.1. The monoisotopic (exact) mass is 636 g/mol. The van der Waals surface area contributed by atoms with E-state index < -0.39 is 11.8 Å². The third-order valence-corrected chi connectivity index (χ3v) is 10.1. The normalized spacial score (nSPS) is 28.7. The van der Waals surface area contributed by atoms with Crippen LogP contribution in [0, 0.1) is 23.7 Å². The molecule has 1 heterocycles. The molecule has 9 heteroatoms. The number of aliphatic hydroxyl groups is 2. The number of fused-ring (bicyclic) bond motifs is 2. The highest BCUT2D eigenvalue weighted by Crippen LogP contribution is 2.62. The van der Waals surface area contributed by atoms with E-state index in [-0.39, 0.29) is 55.3 Å². The number of aliphatic hydroxyl groups excluding tert-OH is 2. The summed E-state index contributed by atoms with van der Waals surface area (Å²) in [5.41, 5.74) is 2.91. The van der Waals surface area contributed by atoms with Gasteiger partial charge in [0, 0.05) is 44.1 Å². The number of unbranched alkanes of at least 4 members (excludes halogenated alkanes) is 2. The molecule has 0 bridgehead atoms. The summed E-state index contributed by atoms with van der Waals surface area (Å²) in [5.74, 6) is 0.406. The van der Waals surface area contributed by atoms with Gasteiger partial charge in [-0.3, -0.25) is 4.79 Å². The molecule has 0 aromatic heterocycles. The van der Waals surface area contributed by atoms with E-state index in [4.69, 9.17) is 24.2 Å². The molecule has 0 saturated heterocycles. The molecule has 3 aliphatic carbocycles. The van der Waals surface area contributed by atoms with Crippen LogP contribution in [0.3, 0.4) is 0 Å². The molecule has 1 aromatic carbocycles. The maximum atomic E-state index is 13.7. The summed E-state index contributed by atoms with van der Waals surface area (Å²) in [7, 11) is 1.87. The predicted molar refractivity (Wildman–Crippen MR) is 178 cm³/mol. The first kappa shape index (κ1) is 34.2. The van der Waals surface area contributed by atoms with Gasteiger partial charge in [-0.15, -0.1) is 6.58 Å². The highest BCUT2D eigenvalue weighted by atomic mass is 16.7. The lowest BCUT2D eigenvalue weighted by Crippen LogP contribution is -2.69. The topological polar surface area (TPSA) is 110 Å². The highest BCUT2D eigenvalue weighted by molar-refractivity contribution is 6.03. The number of benzene rings is 1. The number of ether oxygens (including phenoxy) is 3. The van der Waals surface area contributed by atoms with Crippen LogP contribution in [-0.4, -0.2) is 78.6 Å². The molecule has 2 fully saturated rings. The molecule has 1 amide bonds. The van der Waals surface area contributed by atoms with Crippen molar-refractivity contribution in [1.29, 1.82) is 0 Å². The number of hydrogen-bond acceptors (Lipinski definition) is 8. The number of nitrogens with zero attached hydrogens (tertiary/aromatic N) is 2. The molecule has 5 rings (SSSR count). The Morgan fingerprint density at radius 3 is 2.52 bits per heavy atom. The Labute approximate surface area is 273 Å². The Balaban J connectivity index is 1.74. The van der Waals surface area contributed by atoms with Gasteiger partial charge in [-0.1, -0.05) is 42.8 Å². The molecule has 0 spiro atoms. The van der Waals surface area contributed by atoms with Crippen LogP contribution in [0.25, 0.3) is 0 Å². The van der Waals surface area contributed by atoms with Crippen molar-refractivity contribution in [3.8, 4) is 11.5 Å². The maximum Gasteiger partial charge on any atom is 0.239 e. The van der Waals surface area contributed by atoms with Crippen LogP contribution < -0.4 is 9.47 Å². The zero-order chi connectivity index (χ0) is 32.7. The Bertz CT molecular complexity index is 1290. The van der Waals surface area contributed by atoms with Crippen LogP contribution in [0.15, 0.2) is 60.3 Å². The van der Waals surface area contributed by atoms with Gasteiger partial charge in [-0.2, -0.15) is 0 Å². The van der Waals surface area contributed by atoms with Gasteiger partial charge in [0.1, 0.15) is 30.8 Å². The molecule has 1 aromatic rings. The fourth-order valence-corrected chi connectivity index (χ4v) is 7.89. The fourth-order valence-electron chi connectivity index (χ4n) is 7.89. The molecule has 2 N–H and O–H groups in total. The summed E-state index contributed by atoms with van der Waals surface area (Å²) in [6.45, 7) is 11.1. The Kier molecular flexibility index (Phi) is 11.6. The van der Waals surface area contributed by atoms with Crippen molar-refractivity contribution >= 4 is 11.6 Å². The first-order chi connectivity index (χ1) is 22.4. The van der Waals surface area contributed by atoms with E-state index in [9.17, 15) is 15.0 Å². The second-order valence-electron chi connectivity index (χ2n) is 13.0. The third kappa shape index (κ3) is 6.92. The standard InChI is InChI=1S/C37H52N2O7/c1-5-20-43-27-16-17-32-30(23-27)34-28(13-9-11-19-41)26(12-8-10-18-40)22-29-31(38-45-7-3)24-33(39(4)36(42)25-14-15-25)37(46-32,35(29)34)44-21-6-2/h5-6,16-17,22-23,25-26,28,33-35,40-41H,1-2,7-15,18-21,24H2,3-4H3/t26-,28+,33-,34+,35+,37+/m0/s1. The molecule has 0 radical (unpaired) electrons. The quantitative estimate of drug-likeness (QED) is 0.120. The Hall–Kier alpha value is -3.14. The first-order valence-electron chi connectivity index (χ1n) is 17.1. The molecule has 1 aliphatic heterocycles. The van der Waals surface area contributed by atoms with Crippen molar-refractivity contribution < 1.29 is 34.1 Å². The molecule has 252 valence electrons. The van der Waals surface area contributed by atoms with Crippen molar-refractivity contribution in [2.24, 2.45) is 28.8 Å². The van der Waals surface area contributed by atoms with E-state index in [1.165, 1.54) is 0 Å². The van der Waals surface area contributed by atoms with Gasteiger partial charge in [-0.05, 0) is 81.1 Å². The van der Waals surface area contributed by atoms with Crippen LogP contribution in [0.5, 0.6) is 11.5 Å². The van der Waals surface area contributed by atoms with Crippen LogP contribution in [0.2, 0.25) is 0 Å². The van der Waals surface area contributed by atoms with Gasteiger partial charge in [-0.25, -0.2) is 0 Å². The summed E-state index contributed by atoms with van der Waals surface area (Å²) in [6, 6.07) is 5.52. The zero-order valence-electron chi connectivity index (χ0n) is 27.6. The van der Waals surface area contributed by atoms with E-state index in [2.05, 4.69) is 25.3 Å². The predicted octanol–water partition coefficient (Wildman–Crippen LogP) is 5.77. The number of carbonyl (C=O) groups is 1. The van der Waals surface area contributed by atoms with Crippen molar-refractivity contribution in [3.63, 3.8) is 0 Å². The largest absolute Gasteiger partial charge is 0.490 e. The van der Waals surface area contributed by atoms with Gasteiger partial charge in [0.15, 0.2) is 0 Å². The molecule has 9 nitrogen and oxygen atoms in total. The summed E-state index contributed by atoms with van der Waals surface area (Å²) in [5, 5.41) is 24.1. The van der Waals surface area contributed by atoms with Crippen LogP contribution in [0.4, 0.5) is 0 Å². The summed E-state index contributed by atoms with van der Waals surface area (Å²) < 4.78 is 20.0. The lowest BCUT2D eigenvalue weighted by atomic mass is 9.55. The van der Waals surface area contributed by atoms with Gasteiger partial charge in [0.25, 0.3) is 0 Å². The number of amides is 1. The molecule has 2 saturated carbocycles. The number of likely N-dealkylation sites (N-methyl/N-ethyl adjacent to an activating group) is 1. The van der Waals surface area contributed by atoms with Crippen LogP contribution in [-0.2, 0) is 14.4 Å². The van der Waals surface area contributed by atoms with Crippen molar-refractivity contribution in [2.75, 3.05) is 40.1 Å². The average Bonchev–Trinajstić information content (AvgIpc) is 3.92. The van der Waals surface area contributed by atoms with Crippen molar-refractivity contribution in [3.05, 3.63) is 60.7 Å². The Morgan fingerprint density at radius 1 is 1.11 bits per heavy atom. The minimum absolute atomic E-state index is 0.0235. The van der Waals surface area contributed by atoms with E-state index in [0.717, 1.165) is 79.7 Å². The average molecular weight is 637 g/mol. The maximum absolute atomic E-state index is 13.7. The van der Waals surface area contributed by atoms with E-state index >= 15 is 0 Å². The number of oxime groups is 1. The molecule has 4 aliphatic rings. The molecular formula is C37H52N2O7. The van der Waals surface area contributed by atoms with Gasteiger partial charge < -0.3 is 34.2 Å². The minimum Gasteiger partial charge on any atom is -0.490 e. The fraction of sp³-hybridized carbons (Fsp3) is 0.622. The first-order valence-corrected chi connectivity index (χ1v) is 17.1. The minimum atomic E-state index is -1.20.